The number of benzene rings is 2. The van der Waals surface area contributed by atoms with Crippen LogP contribution in [0, 0.1) is 11.8 Å². The summed E-state index contributed by atoms with van der Waals surface area (Å²) in [6, 6.07) is 17.0. The molecule has 0 bridgehead atoms. The smallest absolute Gasteiger partial charge is 0.408 e. The van der Waals surface area contributed by atoms with Crippen LogP contribution in [0.2, 0.25) is 0 Å². The van der Waals surface area contributed by atoms with E-state index in [2.05, 4.69) is 15.0 Å². The third-order valence-electron chi connectivity index (χ3n) is 10.0. The summed E-state index contributed by atoms with van der Waals surface area (Å²) in [6.45, 7) is 15.4. The third-order valence-corrected chi connectivity index (χ3v) is 11.9. The zero-order valence-electron chi connectivity index (χ0n) is 34.0. The number of nitrogens with one attached hydrogen (secondary N) is 2. The molecule has 3 amide bonds. The number of aliphatic imine (C=N–C) groups is 1. The number of hydrogen-bond acceptors (Lipinski definition) is 10. The van der Waals surface area contributed by atoms with E-state index in [1.54, 1.807) is 46.6 Å². The fourth-order valence-corrected chi connectivity index (χ4v) is 7.55. The van der Waals surface area contributed by atoms with Crippen molar-refractivity contribution < 1.29 is 37.0 Å². The number of carbonyl (C=O) groups is 3. The van der Waals surface area contributed by atoms with Crippen LogP contribution in [-0.2, 0) is 24.3 Å². The minimum atomic E-state index is -3.62. The number of likely N-dealkylation sites (tertiary alicyclic amines) is 1. The molecule has 1 aliphatic heterocycles. The normalized spacial score (nSPS) is 20.5. The van der Waals surface area contributed by atoms with E-state index in [1.807, 2.05) is 75.4 Å². The van der Waals surface area contributed by atoms with Crippen molar-refractivity contribution in [2.75, 3.05) is 20.2 Å². The van der Waals surface area contributed by atoms with Gasteiger partial charge in [-0.15, -0.1) is 0 Å². The molecule has 5 rings (SSSR count). The van der Waals surface area contributed by atoms with Crippen LogP contribution < -0.4 is 25.2 Å². The lowest BCUT2D eigenvalue weighted by Crippen LogP contribution is -2.51. The van der Waals surface area contributed by atoms with Gasteiger partial charge in [-0.1, -0.05) is 64.4 Å². The van der Waals surface area contributed by atoms with Crippen molar-refractivity contribution in [1.29, 1.82) is 0 Å². The molecule has 2 aliphatic rings. The second-order valence-corrected chi connectivity index (χ2v) is 17.7. The summed E-state index contributed by atoms with van der Waals surface area (Å²) in [6.07, 6.45) is 2.75. The van der Waals surface area contributed by atoms with Crippen LogP contribution in [-0.4, -0.2) is 91.3 Å². The van der Waals surface area contributed by atoms with Crippen LogP contribution in [0.15, 0.2) is 59.6 Å². The van der Waals surface area contributed by atoms with Crippen LogP contribution in [0.1, 0.15) is 81.1 Å². The quantitative estimate of drug-likeness (QED) is 0.140. The number of fused-ring (bicyclic) bond motifs is 1. The van der Waals surface area contributed by atoms with Gasteiger partial charge in [0.25, 0.3) is 5.91 Å². The Labute approximate surface area is 331 Å². The monoisotopic (exact) mass is 794 g/mol. The van der Waals surface area contributed by atoms with E-state index in [-0.39, 0.29) is 23.8 Å². The van der Waals surface area contributed by atoms with Crippen molar-refractivity contribution in [3.8, 4) is 22.8 Å². The van der Waals surface area contributed by atoms with Crippen molar-refractivity contribution in [3.63, 3.8) is 0 Å². The lowest BCUT2D eigenvalue weighted by atomic mass is 10.0. The Morgan fingerprint density at radius 3 is 2.36 bits per heavy atom. The maximum absolute atomic E-state index is 13.4. The number of rotatable bonds is 13. The van der Waals surface area contributed by atoms with Crippen molar-refractivity contribution in [2.45, 2.75) is 110 Å². The molecule has 0 spiro atoms. The van der Waals surface area contributed by atoms with Crippen LogP contribution in [0.25, 0.3) is 22.2 Å². The zero-order valence-corrected chi connectivity index (χ0v) is 34.8. The minimum Gasteiger partial charge on any atom is -0.497 e. The number of sulfonamides is 1. The summed E-state index contributed by atoms with van der Waals surface area (Å²) in [5.74, 6) is 0.716. The summed E-state index contributed by atoms with van der Waals surface area (Å²) in [5.41, 5.74) is 6.18. The molecule has 3 unspecified atom stereocenters. The summed E-state index contributed by atoms with van der Waals surface area (Å²) >= 11 is 0. The summed E-state index contributed by atoms with van der Waals surface area (Å²) in [7, 11) is -1.99. The maximum Gasteiger partial charge on any atom is 0.408 e. The van der Waals surface area contributed by atoms with Crippen molar-refractivity contribution in [1.82, 2.24) is 19.9 Å². The number of ether oxygens (including phenoxy) is 3. The molecule has 2 aromatic carbocycles. The number of methoxy groups -OCH3 is 1. The Morgan fingerprint density at radius 1 is 1.09 bits per heavy atom. The van der Waals surface area contributed by atoms with Gasteiger partial charge >= 0.3 is 6.09 Å². The minimum absolute atomic E-state index is 0.0735. The lowest BCUT2D eigenvalue weighted by Gasteiger charge is -2.28. The molecule has 1 aromatic heterocycles. The van der Waals surface area contributed by atoms with Gasteiger partial charge in [0.15, 0.2) is 0 Å². The number of nitrogens with two attached hydrogens (primary N) is 1. The number of pyridine rings is 1. The highest BCUT2D eigenvalue weighted by Gasteiger charge is 2.60. The summed E-state index contributed by atoms with van der Waals surface area (Å²) in [4.78, 5) is 48.4. The van der Waals surface area contributed by atoms with Gasteiger partial charge in [-0.25, -0.2) is 18.2 Å². The number of nitrogens with zero attached hydrogens (tertiary/aromatic N) is 3. The van der Waals surface area contributed by atoms with Crippen LogP contribution in [0.3, 0.4) is 0 Å². The molecule has 306 valence electrons. The second kappa shape index (κ2) is 18.4. The highest BCUT2D eigenvalue weighted by Crippen LogP contribution is 2.49. The average molecular weight is 795 g/mol. The van der Waals surface area contributed by atoms with E-state index in [1.165, 1.54) is 0 Å². The first-order valence-corrected chi connectivity index (χ1v) is 20.7. The van der Waals surface area contributed by atoms with E-state index in [0.29, 0.717) is 38.1 Å². The van der Waals surface area contributed by atoms with Crippen molar-refractivity contribution in [2.24, 2.45) is 22.6 Å². The van der Waals surface area contributed by atoms with Crippen LogP contribution in [0.5, 0.6) is 11.5 Å². The zero-order chi connectivity index (χ0) is 41.4. The molecule has 2 heterocycles. The van der Waals surface area contributed by atoms with Crippen LogP contribution >= 0.6 is 0 Å². The molecule has 56 heavy (non-hydrogen) atoms. The van der Waals surface area contributed by atoms with Gasteiger partial charge in [0.1, 0.15) is 34.8 Å². The van der Waals surface area contributed by atoms with Gasteiger partial charge in [0, 0.05) is 36.0 Å². The molecule has 4 N–H and O–H groups in total. The Kier molecular flexibility index (Phi) is 14.4. The van der Waals surface area contributed by atoms with Gasteiger partial charge in [0.2, 0.25) is 15.9 Å². The molecule has 14 nitrogen and oxygen atoms in total. The molecule has 3 aromatic rings. The highest BCUT2D eigenvalue weighted by atomic mass is 32.2. The fourth-order valence-electron chi connectivity index (χ4n) is 6.47. The van der Waals surface area contributed by atoms with Crippen LogP contribution in [0.4, 0.5) is 4.79 Å². The van der Waals surface area contributed by atoms with Crippen molar-refractivity contribution in [3.05, 3.63) is 54.6 Å². The van der Waals surface area contributed by atoms with Gasteiger partial charge in [-0.05, 0) is 64.5 Å². The Bertz CT molecular complexity index is 1980. The molecule has 15 heteroatoms. The number of hydrogen-bond donors (Lipinski definition) is 3. The summed E-state index contributed by atoms with van der Waals surface area (Å²) in [5, 5.41) is 3.04. The Morgan fingerprint density at radius 2 is 1.79 bits per heavy atom. The topological polar surface area (TPSA) is 192 Å². The SMILES string of the molecule is CCC1CC1(N=CN)C(=O)NS(=O)(=O)C(C)CC.COc1ccc2c(O[C@@H]3CCN(C(=O)[C@@H](NC(=O)OC(C)(C)C)C(C)C)C3)cc(-c3ccccc3)nc2c1. The Hall–Kier alpha value is -4.92. The van der Waals surface area contributed by atoms with Gasteiger partial charge < -0.3 is 30.2 Å². The van der Waals surface area contributed by atoms with Gasteiger partial charge in [0.05, 0.1) is 36.5 Å². The van der Waals surface area contributed by atoms with Gasteiger partial charge in [-0.3, -0.25) is 19.3 Å². The van der Waals surface area contributed by atoms with E-state index < -0.39 is 44.5 Å². The highest BCUT2D eigenvalue weighted by molar-refractivity contribution is 7.90. The number of carbonyl (C=O) groups excluding carboxylic acids is 3. The van der Waals surface area contributed by atoms with E-state index >= 15 is 0 Å². The standard InChI is InChI=1S/C30H37N3O5.C11H21N3O3S/c1-19(2)27(32-29(35)38-30(3,4)5)28(34)33-15-14-22(18-33)37-26-17-24(20-10-8-7-9-11-20)31-25-16-21(36-6)12-13-23(25)26;1-4-8(3)18(16,17)14-10(15)11(13-7-12)6-9(11)5-2/h7-13,16-17,19,22,27H,14-15,18H2,1-6H3,(H,32,35);7-9H,4-6H2,1-3H3,(H2,12,13)(H,14,15)/t22-,27+;/m1./s1. The molecule has 1 saturated carbocycles. The largest absolute Gasteiger partial charge is 0.497 e. The maximum atomic E-state index is 13.4. The first kappa shape index (κ1) is 43.8. The first-order valence-electron chi connectivity index (χ1n) is 19.2. The number of alkyl carbamates (subject to hydrolysis) is 1. The number of amides is 3. The fraction of sp³-hybridized carbons (Fsp3) is 0.537. The molecule has 5 atom stereocenters. The predicted molar refractivity (Wildman–Crippen MR) is 218 cm³/mol. The lowest BCUT2D eigenvalue weighted by molar-refractivity contribution is -0.133. The average Bonchev–Trinajstić information content (AvgIpc) is 3.68. The first-order chi connectivity index (χ1) is 26.4. The predicted octanol–water partition coefficient (Wildman–Crippen LogP) is 5.83. The molecular weight excluding hydrogens is 737 g/mol. The molecule has 0 radical (unpaired) electrons. The Balaban J connectivity index is 0.000000325. The number of aromatic nitrogens is 1. The molecule has 2 fully saturated rings. The summed E-state index contributed by atoms with van der Waals surface area (Å²) < 4.78 is 43.1. The molecule has 1 saturated heterocycles. The van der Waals surface area contributed by atoms with E-state index in [4.69, 9.17) is 24.9 Å². The molecule has 1 aliphatic carbocycles. The van der Waals surface area contributed by atoms with Gasteiger partial charge in [-0.2, -0.15) is 0 Å². The third kappa shape index (κ3) is 10.9. The molecular formula is C41H58N6O8S. The van der Waals surface area contributed by atoms with E-state index in [9.17, 15) is 22.8 Å². The second-order valence-electron chi connectivity index (χ2n) is 15.6. The van der Waals surface area contributed by atoms with E-state index in [0.717, 1.165) is 40.7 Å². The van der Waals surface area contributed by atoms with Crippen molar-refractivity contribution >= 4 is 45.2 Å².